The molecule has 0 aromatic rings. The number of nitrogens with one attached hydrogen (secondary N) is 1. The van der Waals surface area contributed by atoms with E-state index in [4.69, 9.17) is 0 Å². The molecule has 0 aromatic carbocycles. The molecule has 3 heteroatoms. The summed E-state index contributed by atoms with van der Waals surface area (Å²) in [5.41, 5.74) is 0. The van der Waals surface area contributed by atoms with E-state index in [-0.39, 0.29) is 0 Å². The summed E-state index contributed by atoms with van der Waals surface area (Å²) in [5, 5.41) is 3.57. The van der Waals surface area contributed by atoms with Gasteiger partial charge in [0.05, 0.1) is 0 Å². The summed E-state index contributed by atoms with van der Waals surface area (Å²) in [7, 11) is 0. The Morgan fingerprint density at radius 2 is 1.94 bits per heavy atom. The summed E-state index contributed by atoms with van der Waals surface area (Å²) >= 11 is 0. The van der Waals surface area contributed by atoms with Crippen molar-refractivity contribution in [3.63, 3.8) is 0 Å². The molecule has 1 fully saturated rings. The molecule has 0 amide bonds. The van der Waals surface area contributed by atoms with Crippen molar-refractivity contribution < 1.29 is 0 Å². The molecule has 0 radical (unpaired) electrons. The summed E-state index contributed by atoms with van der Waals surface area (Å²) < 4.78 is 0. The summed E-state index contributed by atoms with van der Waals surface area (Å²) in [6, 6.07) is 0.814. The van der Waals surface area contributed by atoms with Crippen LogP contribution in [0.3, 0.4) is 0 Å². The number of nitrogens with zero attached hydrogens (tertiary/aromatic N) is 2. The third-order valence-electron chi connectivity index (χ3n) is 4.24. The molecule has 0 saturated carbocycles. The van der Waals surface area contributed by atoms with Crippen LogP contribution in [0.15, 0.2) is 0 Å². The van der Waals surface area contributed by atoms with Crippen molar-refractivity contribution in [3.8, 4) is 0 Å². The van der Waals surface area contributed by atoms with E-state index >= 15 is 0 Å². The quantitative estimate of drug-likeness (QED) is 0.637. The molecule has 1 saturated heterocycles. The number of hydrogen-bond acceptors (Lipinski definition) is 3. The predicted molar refractivity (Wildman–Crippen MR) is 80.2 cm³/mol. The Morgan fingerprint density at radius 1 is 1.17 bits per heavy atom. The zero-order valence-corrected chi connectivity index (χ0v) is 12.7. The van der Waals surface area contributed by atoms with Crippen LogP contribution in [-0.2, 0) is 0 Å². The molecule has 1 heterocycles. The first-order valence-corrected chi connectivity index (χ1v) is 7.95. The number of piperidine rings is 1. The van der Waals surface area contributed by atoms with Gasteiger partial charge in [0, 0.05) is 19.1 Å². The van der Waals surface area contributed by atoms with Crippen LogP contribution >= 0.6 is 0 Å². The van der Waals surface area contributed by atoms with Gasteiger partial charge in [0.25, 0.3) is 0 Å². The summed E-state index contributed by atoms with van der Waals surface area (Å²) in [4.78, 5) is 5.13. The van der Waals surface area contributed by atoms with Gasteiger partial charge in [-0.15, -0.1) is 0 Å². The zero-order valence-electron chi connectivity index (χ0n) is 12.7. The highest BCUT2D eigenvalue weighted by Crippen LogP contribution is 2.15. The molecule has 1 atom stereocenters. The van der Waals surface area contributed by atoms with Crippen LogP contribution in [-0.4, -0.2) is 61.7 Å². The maximum Gasteiger partial charge on any atom is 0.0107 e. The van der Waals surface area contributed by atoms with Crippen molar-refractivity contribution >= 4 is 0 Å². The fourth-order valence-electron chi connectivity index (χ4n) is 2.80. The molecule has 0 aromatic heterocycles. The molecule has 1 aliphatic rings. The van der Waals surface area contributed by atoms with Gasteiger partial charge >= 0.3 is 0 Å². The normalized spacial score (nSPS) is 21.7. The third kappa shape index (κ3) is 6.17. The van der Waals surface area contributed by atoms with E-state index < -0.39 is 0 Å². The number of likely N-dealkylation sites (N-methyl/N-ethyl adjacent to an activating group) is 1. The molecule has 108 valence electrons. The van der Waals surface area contributed by atoms with Crippen LogP contribution in [0.25, 0.3) is 0 Å². The Bertz CT molecular complexity index is 192. The topological polar surface area (TPSA) is 18.5 Å². The average molecular weight is 255 g/mol. The predicted octanol–water partition coefficient (Wildman–Crippen LogP) is 2.18. The zero-order chi connectivity index (χ0) is 13.2. The fraction of sp³-hybridized carbons (Fsp3) is 1.00. The molecule has 3 nitrogen and oxygen atoms in total. The first kappa shape index (κ1) is 15.9. The van der Waals surface area contributed by atoms with Crippen LogP contribution in [0.4, 0.5) is 0 Å². The van der Waals surface area contributed by atoms with Crippen molar-refractivity contribution in [2.75, 3.05) is 45.8 Å². The van der Waals surface area contributed by atoms with E-state index in [1.54, 1.807) is 0 Å². The van der Waals surface area contributed by atoms with Crippen LogP contribution in [0.5, 0.6) is 0 Å². The van der Waals surface area contributed by atoms with Gasteiger partial charge in [-0.05, 0) is 58.9 Å². The molecule has 0 aliphatic carbocycles. The third-order valence-corrected chi connectivity index (χ3v) is 4.24. The largest absolute Gasteiger partial charge is 0.315 e. The van der Waals surface area contributed by atoms with Crippen LogP contribution in [0.2, 0.25) is 0 Å². The summed E-state index contributed by atoms with van der Waals surface area (Å²) in [6.07, 6.45) is 5.53. The number of hydrogen-bond donors (Lipinski definition) is 1. The summed E-state index contributed by atoms with van der Waals surface area (Å²) in [5.74, 6) is 0. The lowest BCUT2D eigenvalue weighted by atomic mass is 10.0. The van der Waals surface area contributed by atoms with Gasteiger partial charge in [-0.3, -0.25) is 0 Å². The minimum atomic E-state index is 0.814. The van der Waals surface area contributed by atoms with Crippen molar-refractivity contribution in [3.05, 3.63) is 0 Å². The standard InChI is InChI=1S/C15H33N3/c1-4-17(5-2)14-11-16-10-8-13-18-12-7-6-9-15(18)3/h15-16H,4-14H2,1-3H3. The highest BCUT2D eigenvalue weighted by atomic mass is 15.2. The maximum atomic E-state index is 3.57. The molecule has 18 heavy (non-hydrogen) atoms. The Labute approximate surface area is 114 Å². The first-order valence-electron chi connectivity index (χ1n) is 7.95. The van der Waals surface area contributed by atoms with Crippen molar-refractivity contribution in [2.45, 2.75) is 52.5 Å². The maximum absolute atomic E-state index is 3.57. The molecule has 1 unspecified atom stereocenters. The van der Waals surface area contributed by atoms with Crippen LogP contribution in [0.1, 0.15) is 46.5 Å². The highest BCUT2D eigenvalue weighted by Gasteiger charge is 2.16. The molecule has 0 bridgehead atoms. The van der Waals surface area contributed by atoms with Crippen LogP contribution < -0.4 is 5.32 Å². The van der Waals surface area contributed by atoms with Crippen molar-refractivity contribution in [2.24, 2.45) is 0 Å². The van der Waals surface area contributed by atoms with Gasteiger partial charge in [0.2, 0.25) is 0 Å². The smallest absolute Gasteiger partial charge is 0.0107 e. The number of rotatable bonds is 9. The average Bonchev–Trinajstić information content (AvgIpc) is 2.40. The van der Waals surface area contributed by atoms with Crippen molar-refractivity contribution in [1.82, 2.24) is 15.1 Å². The first-order chi connectivity index (χ1) is 8.77. The molecule has 1 rings (SSSR count). The lowest BCUT2D eigenvalue weighted by Gasteiger charge is -2.33. The highest BCUT2D eigenvalue weighted by molar-refractivity contribution is 4.72. The Morgan fingerprint density at radius 3 is 2.61 bits per heavy atom. The van der Waals surface area contributed by atoms with Gasteiger partial charge in [-0.1, -0.05) is 20.3 Å². The minimum absolute atomic E-state index is 0.814. The molecular weight excluding hydrogens is 222 g/mol. The van der Waals surface area contributed by atoms with Gasteiger partial charge in [0.1, 0.15) is 0 Å². The Balaban J connectivity index is 1.94. The second-order valence-corrected chi connectivity index (χ2v) is 5.51. The van der Waals surface area contributed by atoms with Gasteiger partial charge in [0.15, 0.2) is 0 Å². The van der Waals surface area contributed by atoms with Crippen molar-refractivity contribution in [1.29, 1.82) is 0 Å². The van der Waals surface area contributed by atoms with E-state index in [1.807, 2.05) is 0 Å². The molecule has 1 aliphatic heterocycles. The van der Waals surface area contributed by atoms with E-state index in [2.05, 4.69) is 35.9 Å². The SMILES string of the molecule is CCN(CC)CCNCCCN1CCCCC1C. The molecule has 1 N–H and O–H groups in total. The van der Waals surface area contributed by atoms with Gasteiger partial charge in [-0.2, -0.15) is 0 Å². The number of likely N-dealkylation sites (tertiary alicyclic amines) is 1. The van der Waals surface area contributed by atoms with E-state index in [9.17, 15) is 0 Å². The summed E-state index contributed by atoms with van der Waals surface area (Å²) in [6.45, 7) is 15.3. The van der Waals surface area contributed by atoms with Crippen LogP contribution in [0, 0.1) is 0 Å². The van der Waals surface area contributed by atoms with E-state index in [1.165, 1.54) is 65.0 Å². The minimum Gasteiger partial charge on any atom is -0.315 e. The van der Waals surface area contributed by atoms with Gasteiger partial charge in [-0.25, -0.2) is 0 Å². The van der Waals surface area contributed by atoms with E-state index in [0.717, 1.165) is 12.6 Å². The monoisotopic (exact) mass is 255 g/mol. The second kappa shape index (κ2) is 9.76. The lowest BCUT2D eigenvalue weighted by Crippen LogP contribution is -2.39. The molecular formula is C15H33N3. The van der Waals surface area contributed by atoms with Gasteiger partial charge < -0.3 is 15.1 Å². The molecule has 0 spiro atoms. The Hall–Kier alpha value is -0.120. The van der Waals surface area contributed by atoms with E-state index in [0.29, 0.717) is 0 Å². The fourth-order valence-corrected chi connectivity index (χ4v) is 2.80. The second-order valence-electron chi connectivity index (χ2n) is 5.51. The lowest BCUT2D eigenvalue weighted by molar-refractivity contribution is 0.158. The Kier molecular flexibility index (Phi) is 8.64.